The van der Waals surface area contributed by atoms with Crippen molar-refractivity contribution in [3.63, 3.8) is 0 Å². The van der Waals surface area contributed by atoms with E-state index >= 15 is 0 Å². The highest BCUT2D eigenvalue weighted by atomic mass is 35.5. The zero-order valence-corrected chi connectivity index (χ0v) is 22.5. The van der Waals surface area contributed by atoms with Crippen LogP contribution in [-0.2, 0) is 28.8 Å². The van der Waals surface area contributed by atoms with Crippen molar-refractivity contribution in [2.24, 2.45) is 0 Å². The fourth-order valence-electron chi connectivity index (χ4n) is 4.50. The number of ether oxygens (including phenoxy) is 2. The molecule has 0 saturated heterocycles. The van der Waals surface area contributed by atoms with Gasteiger partial charge in [-0.25, -0.2) is 8.42 Å². The van der Waals surface area contributed by atoms with Crippen LogP contribution < -0.4 is 9.47 Å². The SMILES string of the molecule is COc1cc2c(c(OC)c1)C(c1cc(Cl)cc(Cl)c1)N(S(=O)(=O)c1cc(C(F)(F)F)cc(C(F)(F)F)c1)CC2. The van der Waals surface area contributed by atoms with Gasteiger partial charge in [-0.2, -0.15) is 30.6 Å². The maximum absolute atomic E-state index is 13.9. The van der Waals surface area contributed by atoms with Gasteiger partial charge in [0.1, 0.15) is 11.5 Å². The van der Waals surface area contributed by atoms with Crippen molar-refractivity contribution in [3.8, 4) is 11.5 Å². The molecule has 0 aliphatic carbocycles. The van der Waals surface area contributed by atoms with E-state index in [0.717, 1.165) is 4.31 Å². The fourth-order valence-corrected chi connectivity index (χ4v) is 6.70. The lowest BCUT2D eigenvalue weighted by atomic mass is 9.88. The second-order valence-electron chi connectivity index (χ2n) is 8.62. The number of fused-ring (bicyclic) bond motifs is 1. The van der Waals surface area contributed by atoms with Gasteiger partial charge in [-0.05, 0) is 60.0 Å². The molecule has 0 radical (unpaired) electrons. The van der Waals surface area contributed by atoms with Crippen LogP contribution in [0.3, 0.4) is 0 Å². The minimum Gasteiger partial charge on any atom is -0.497 e. The molecule has 1 atom stereocenters. The van der Waals surface area contributed by atoms with Gasteiger partial charge >= 0.3 is 12.4 Å². The molecule has 0 aromatic heterocycles. The topological polar surface area (TPSA) is 55.8 Å². The minimum atomic E-state index is -5.24. The van der Waals surface area contributed by atoms with E-state index in [-0.39, 0.29) is 52.5 Å². The van der Waals surface area contributed by atoms with E-state index < -0.39 is 44.4 Å². The monoisotopic (exact) mass is 613 g/mol. The van der Waals surface area contributed by atoms with E-state index in [1.54, 1.807) is 6.07 Å². The highest BCUT2D eigenvalue weighted by Crippen LogP contribution is 2.46. The first-order valence-corrected chi connectivity index (χ1v) is 13.3. The normalized spacial score (nSPS) is 16.6. The van der Waals surface area contributed by atoms with Gasteiger partial charge in [0.25, 0.3) is 0 Å². The smallest absolute Gasteiger partial charge is 0.416 e. The lowest BCUT2D eigenvalue weighted by Crippen LogP contribution is -2.41. The first-order valence-electron chi connectivity index (χ1n) is 11.1. The van der Waals surface area contributed by atoms with E-state index in [2.05, 4.69) is 0 Å². The predicted octanol–water partition coefficient (Wildman–Crippen LogP) is 7.38. The molecule has 14 heteroatoms. The van der Waals surface area contributed by atoms with Crippen molar-refractivity contribution < 1.29 is 44.2 Å². The zero-order valence-electron chi connectivity index (χ0n) is 20.1. The maximum Gasteiger partial charge on any atom is 0.416 e. The van der Waals surface area contributed by atoms with Crippen LogP contribution in [0.4, 0.5) is 26.3 Å². The van der Waals surface area contributed by atoms with Crippen molar-refractivity contribution in [1.82, 2.24) is 4.31 Å². The quantitative estimate of drug-likeness (QED) is 0.282. The average Bonchev–Trinajstić information content (AvgIpc) is 2.85. The van der Waals surface area contributed by atoms with E-state index in [1.807, 2.05) is 0 Å². The number of hydrogen-bond acceptors (Lipinski definition) is 4. The molecule has 3 aromatic carbocycles. The van der Waals surface area contributed by atoms with Crippen LogP contribution in [0.2, 0.25) is 10.0 Å². The predicted molar refractivity (Wildman–Crippen MR) is 132 cm³/mol. The van der Waals surface area contributed by atoms with Crippen molar-refractivity contribution in [3.05, 3.63) is 86.4 Å². The summed E-state index contributed by atoms with van der Waals surface area (Å²) in [6.07, 6.45) is -10.4. The molecule has 1 aliphatic rings. The third kappa shape index (κ3) is 5.79. The molecular formula is C25H19Cl2F6NO4S. The number of halogens is 8. The van der Waals surface area contributed by atoms with Gasteiger partial charge in [-0.3, -0.25) is 0 Å². The summed E-state index contributed by atoms with van der Waals surface area (Å²) in [5.74, 6) is 0.586. The first kappa shape index (κ1) is 29.3. The molecule has 210 valence electrons. The molecule has 1 aliphatic heterocycles. The van der Waals surface area contributed by atoms with Crippen LogP contribution in [0.25, 0.3) is 0 Å². The number of nitrogens with zero attached hydrogens (tertiary/aromatic N) is 1. The Morgan fingerprint density at radius 2 is 1.38 bits per heavy atom. The Hall–Kier alpha value is -2.67. The molecular weight excluding hydrogens is 595 g/mol. The molecule has 0 bridgehead atoms. The number of methoxy groups -OCH3 is 2. The summed E-state index contributed by atoms with van der Waals surface area (Å²) in [7, 11) is -2.23. The van der Waals surface area contributed by atoms with Gasteiger partial charge in [0.15, 0.2) is 0 Å². The Labute approximate surface area is 229 Å². The fraction of sp³-hybridized carbons (Fsp3) is 0.280. The molecule has 1 unspecified atom stereocenters. The van der Waals surface area contributed by atoms with Crippen LogP contribution in [0.5, 0.6) is 11.5 Å². The Bertz CT molecular complexity index is 1460. The molecule has 0 saturated carbocycles. The molecule has 0 N–H and O–H groups in total. The van der Waals surface area contributed by atoms with Crippen molar-refractivity contribution in [2.75, 3.05) is 20.8 Å². The molecule has 0 amide bonds. The van der Waals surface area contributed by atoms with Gasteiger partial charge in [0.2, 0.25) is 10.0 Å². The lowest BCUT2D eigenvalue weighted by Gasteiger charge is -2.38. The van der Waals surface area contributed by atoms with E-state index in [0.29, 0.717) is 16.9 Å². The summed E-state index contributed by atoms with van der Waals surface area (Å²) in [6, 6.07) is 6.32. The molecule has 5 nitrogen and oxygen atoms in total. The van der Waals surface area contributed by atoms with Crippen LogP contribution >= 0.6 is 23.2 Å². The number of hydrogen-bond donors (Lipinski definition) is 0. The summed E-state index contributed by atoms with van der Waals surface area (Å²) in [5.41, 5.74) is -2.37. The molecule has 3 aromatic rings. The summed E-state index contributed by atoms with van der Waals surface area (Å²) in [4.78, 5) is -1.17. The zero-order chi connectivity index (χ0) is 28.9. The van der Waals surface area contributed by atoms with E-state index in [1.165, 1.54) is 38.5 Å². The lowest BCUT2D eigenvalue weighted by molar-refractivity contribution is -0.143. The third-order valence-electron chi connectivity index (χ3n) is 6.19. The molecule has 4 rings (SSSR count). The number of alkyl halides is 6. The highest BCUT2D eigenvalue weighted by molar-refractivity contribution is 7.89. The maximum atomic E-state index is 13.9. The molecule has 39 heavy (non-hydrogen) atoms. The molecule has 0 fully saturated rings. The van der Waals surface area contributed by atoms with E-state index in [9.17, 15) is 34.8 Å². The first-order chi connectivity index (χ1) is 18.1. The highest BCUT2D eigenvalue weighted by Gasteiger charge is 2.43. The molecule has 0 spiro atoms. The Balaban J connectivity index is 2.00. The summed E-state index contributed by atoms with van der Waals surface area (Å²) in [5, 5.41) is 0.265. The Morgan fingerprint density at radius 3 is 1.87 bits per heavy atom. The van der Waals surface area contributed by atoms with Crippen LogP contribution in [0.1, 0.15) is 33.9 Å². The number of benzene rings is 3. The van der Waals surface area contributed by atoms with Crippen molar-refractivity contribution in [2.45, 2.75) is 29.7 Å². The van der Waals surface area contributed by atoms with Crippen molar-refractivity contribution >= 4 is 33.2 Å². The van der Waals surface area contributed by atoms with E-state index in [4.69, 9.17) is 32.7 Å². The van der Waals surface area contributed by atoms with Gasteiger partial charge in [0, 0.05) is 28.2 Å². The van der Waals surface area contributed by atoms with Crippen LogP contribution in [-0.4, -0.2) is 33.5 Å². The largest absolute Gasteiger partial charge is 0.497 e. The summed E-state index contributed by atoms with van der Waals surface area (Å²) < 4.78 is 121. The minimum absolute atomic E-state index is 0.0536. The van der Waals surface area contributed by atoms with Gasteiger partial charge < -0.3 is 9.47 Å². The summed E-state index contributed by atoms with van der Waals surface area (Å²) in [6.45, 7) is -0.294. The second kappa shape index (κ2) is 10.4. The standard InChI is InChI=1S/C25H19Cl2F6NO4S/c1-37-19-7-13-3-4-34(23(22(13)21(12-19)38-2)14-5-17(26)11-18(27)6-14)39(35,36)20-9-15(24(28,29)30)8-16(10-20)25(31,32)33/h5-12,23H,3-4H2,1-2H3. The Morgan fingerprint density at radius 1 is 0.821 bits per heavy atom. The number of sulfonamides is 1. The van der Waals surface area contributed by atoms with Crippen LogP contribution in [0.15, 0.2) is 53.4 Å². The van der Waals surface area contributed by atoms with Gasteiger partial charge in [0.05, 0.1) is 36.3 Å². The number of rotatable bonds is 5. The van der Waals surface area contributed by atoms with Gasteiger partial charge in [-0.1, -0.05) is 23.2 Å². The molecule has 1 heterocycles. The Kier molecular flexibility index (Phi) is 7.80. The van der Waals surface area contributed by atoms with Gasteiger partial charge in [-0.15, -0.1) is 0 Å². The third-order valence-corrected chi connectivity index (χ3v) is 8.47. The summed E-state index contributed by atoms with van der Waals surface area (Å²) >= 11 is 12.4. The van der Waals surface area contributed by atoms with Crippen LogP contribution in [0, 0.1) is 0 Å². The average molecular weight is 614 g/mol. The van der Waals surface area contributed by atoms with Crippen molar-refractivity contribution in [1.29, 1.82) is 0 Å². The second-order valence-corrected chi connectivity index (χ2v) is 11.4.